The highest BCUT2D eigenvalue weighted by atomic mass is 14.9. The van der Waals surface area contributed by atoms with Crippen molar-refractivity contribution in [3.8, 4) is 0 Å². The Morgan fingerprint density at radius 3 is 2.71 bits per heavy atom. The molecule has 2 nitrogen and oxygen atoms in total. The lowest BCUT2D eigenvalue weighted by atomic mass is 9.84. The number of rotatable bonds is 5. The Balaban J connectivity index is 1.53. The molecule has 1 saturated carbocycles. The summed E-state index contributed by atoms with van der Waals surface area (Å²) in [5.41, 5.74) is 2.53. The van der Waals surface area contributed by atoms with E-state index in [-0.39, 0.29) is 0 Å². The zero-order chi connectivity index (χ0) is 14.5. The summed E-state index contributed by atoms with van der Waals surface area (Å²) in [6, 6.07) is 11.4. The van der Waals surface area contributed by atoms with E-state index in [0.717, 1.165) is 30.4 Å². The fraction of sp³-hybridized carbons (Fsp3) is 0.526. The first kappa shape index (κ1) is 14.5. The number of nitrogens with zero attached hydrogens (tertiary/aromatic N) is 1. The average molecular weight is 282 g/mol. The molecule has 0 atom stereocenters. The number of hydrogen-bond acceptors (Lipinski definition) is 2. The van der Waals surface area contributed by atoms with Crippen molar-refractivity contribution in [2.75, 3.05) is 6.54 Å². The standard InChI is InChI=1S/C19H26N2/c1-2-15-8-10-18(11-9-15)20-14-12-17-6-3-5-16-7-4-13-21-19(16)17/h3-7,13,15,18,20H,2,8-12,14H2,1H3. The van der Waals surface area contributed by atoms with Gasteiger partial charge >= 0.3 is 0 Å². The molecule has 1 aliphatic rings. The van der Waals surface area contributed by atoms with Crippen molar-refractivity contribution in [2.45, 2.75) is 51.5 Å². The van der Waals surface area contributed by atoms with Crippen molar-refractivity contribution in [1.82, 2.24) is 10.3 Å². The van der Waals surface area contributed by atoms with E-state index in [2.05, 4.69) is 41.5 Å². The predicted molar refractivity (Wildman–Crippen MR) is 89.5 cm³/mol. The number of benzene rings is 1. The fourth-order valence-electron chi connectivity index (χ4n) is 3.55. The summed E-state index contributed by atoms with van der Waals surface area (Å²) in [5, 5.41) is 5.00. The molecule has 0 unspecified atom stereocenters. The normalized spacial score (nSPS) is 22.5. The molecule has 1 aromatic carbocycles. The molecule has 1 fully saturated rings. The smallest absolute Gasteiger partial charge is 0.0734 e. The largest absolute Gasteiger partial charge is 0.314 e. The van der Waals surface area contributed by atoms with Gasteiger partial charge < -0.3 is 5.32 Å². The highest BCUT2D eigenvalue weighted by molar-refractivity contribution is 5.81. The van der Waals surface area contributed by atoms with E-state index in [9.17, 15) is 0 Å². The third-order valence-corrected chi connectivity index (χ3v) is 4.97. The number of pyridine rings is 1. The first-order chi connectivity index (χ1) is 10.4. The summed E-state index contributed by atoms with van der Waals surface area (Å²) < 4.78 is 0. The van der Waals surface area contributed by atoms with Crippen LogP contribution in [0.2, 0.25) is 0 Å². The van der Waals surface area contributed by atoms with Crippen molar-refractivity contribution in [3.63, 3.8) is 0 Å². The van der Waals surface area contributed by atoms with Gasteiger partial charge in [0.2, 0.25) is 0 Å². The van der Waals surface area contributed by atoms with Crippen LogP contribution in [0.15, 0.2) is 36.5 Å². The van der Waals surface area contributed by atoms with Crippen LogP contribution in [0.3, 0.4) is 0 Å². The van der Waals surface area contributed by atoms with Crippen LogP contribution < -0.4 is 5.32 Å². The van der Waals surface area contributed by atoms with Crippen LogP contribution >= 0.6 is 0 Å². The average Bonchev–Trinajstić information content (AvgIpc) is 2.56. The van der Waals surface area contributed by atoms with Crippen LogP contribution in [-0.2, 0) is 6.42 Å². The molecule has 0 radical (unpaired) electrons. The van der Waals surface area contributed by atoms with E-state index in [1.807, 2.05) is 12.3 Å². The summed E-state index contributed by atoms with van der Waals surface area (Å²) in [6.07, 6.45) is 9.84. The molecule has 1 aliphatic carbocycles. The second kappa shape index (κ2) is 7.04. The quantitative estimate of drug-likeness (QED) is 0.882. The summed E-state index contributed by atoms with van der Waals surface area (Å²) in [5.74, 6) is 0.977. The highest BCUT2D eigenvalue weighted by Crippen LogP contribution is 2.26. The minimum atomic E-state index is 0.732. The number of fused-ring (bicyclic) bond motifs is 1. The second-order valence-electron chi connectivity index (χ2n) is 6.32. The Morgan fingerprint density at radius 2 is 1.90 bits per heavy atom. The monoisotopic (exact) mass is 282 g/mol. The van der Waals surface area contributed by atoms with Gasteiger partial charge in [0.15, 0.2) is 0 Å². The Morgan fingerprint density at radius 1 is 1.10 bits per heavy atom. The van der Waals surface area contributed by atoms with Crippen LogP contribution in [0, 0.1) is 5.92 Å². The zero-order valence-corrected chi connectivity index (χ0v) is 13.0. The van der Waals surface area contributed by atoms with Crippen LogP contribution in [0.1, 0.15) is 44.6 Å². The lowest BCUT2D eigenvalue weighted by molar-refractivity contribution is 0.287. The SMILES string of the molecule is CCC1CCC(NCCc2cccc3cccnc23)CC1. The number of aromatic nitrogens is 1. The van der Waals surface area contributed by atoms with E-state index < -0.39 is 0 Å². The molecule has 0 saturated heterocycles. The molecule has 2 aromatic rings. The molecule has 3 rings (SSSR count). The van der Waals surface area contributed by atoms with Gasteiger partial charge in [-0.05, 0) is 56.2 Å². The third-order valence-electron chi connectivity index (χ3n) is 4.97. The maximum absolute atomic E-state index is 4.54. The Labute approximate surface area is 128 Å². The first-order valence-corrected chi connectivity index (χ1v) is 8.43. The number of para-hydroxylation sites is 1. The minimum Gasteiger partial charge on any atom is -0.314 e. The molecule has 1 heterocycles. The van der Waals surface area contributed by atoms with Crippen molar-refractivity contribution < 1.29 is 0 Å². The van der Waals surface area contributed by atoms with Crippen molar-refractivity contribution >= 4 is 10.9 Å². The predicted octanol–water partition coefficient (Wildman–Crippen LogP) is 4.34. The molecule has 112 valence electrons. The Bertz CT molecular complexity index is 565. The third kappa shape index (κ3) is 3.62. The summed E-state index contributed by atoms with van der Waals surface area (Å²) >= 11 is 0. The van der Waals surface area contributed by atoms with Crippen molar-refractivity contribution in [1.29, 1.82) is 0 Å². The van der Waals surface area contributed by atoms with E-state index in [4.69, 9.17) is 0 Å². The molecular formula is C19H26N2. The van der Waals surface area contributed by atoms with Gasteiger partial charge in [0.1, 0.15) is 0 Å². The van der Waals surface area contributed by atoms with Gasteiger partial charge in [-0.15, -0.1) is 0 Å². The fourth-order valence-corrected chi connectivity index (χ4v) is 3.55. The molecule has 0 aliphatic heterocycles. The van der Waals surface area contributed by atoms with Crippen molar-refractivity contribution in [2.24, 2.45) is 5.92 Å². The number of nitrogens with one attached hydrogen (secondary N) is 1. The second-order valence-corrected chi connectivity index (χ2v) is 6.32. The molecule has 0 spiro atoms. The lowest BCUT2D eigenvalue weighted by Gasteiger charge is -2.28. The molecule has 1 aromatic heterocycles. The molecule has 2 heteroatoms. The van der Waals surface area contributed by atoms with E-state index in [0.29, 0.717) is 0 Å². The van der Waals surface area contributed by atoms with Crippen LogP contribution in [0.4, 0.5) is 0 Å². The zero-order valence-electron chi connectivity index (χ0n) is 13.0. The Hall–Kier alpha value is -1.41. The van der Waals surface area contributed by atoms with Crippen LogP contribution in [0.25, 0.3) is 10.9 Å². The van der Waals surface area contributed by atoms with Crippen LogP contribution in [-0.4, -0.2) is 17.6 Å². The molecule has 0 bridgehead atoms. The summed E-state index contributed by atoms with van der Waals surface area (Å²) in [4.78, 5) is 4.54. The molecule has 21 heavy (non-hydrogen) atoms. The summed E-state index contributed by atoms with van der Waals surface area (Å²) in [6.45, 7) is 3.39. The van der Waals surface area contributed by atoms with Crippen LogP contribution in [0.5, 0.6) is 0 Å². The van der Waals surface area contributed by atoms with Gasteiger partial charge in [0.25, 0.3) is 0 Å². The van der Waals surface area contributed by atoms with E-state index in [1.165, 1.54) is 43.1 Å². The molecular weight excluding hydrogens is 256 g/mol. The van der Waals surface area contributed by atoms with E-state index in [1.54, 1.807) is 0 Å². The highest BCUT2D eigenvalue weighted by Gasteiger charge is 2.19. The maximum Gasteiger partial charge on any atom is 0.0734 e. The van der Waals surface area contributed by atoms with Crippen molar-refractivity contribution in [3.05, 3.63) is 42.1 Å². The molecule has 1 N–H and O–H groups in total. The molecule has 0 amide bonds. The lowest BCUT2D eigenvalue weighted by Crippen LogP contribution is -2.34. The summed E-state index contributed by atoms with van der Waals surface area (Å²) in [7, 11) is 0. The minimum absolute atomic E-state index is 0.732. The van der Waals surface area contributed by atoms with Gasteiger partial charge in [-0.2, -0.15) is 0 Å². The van der Waals surface area contributed by atoms with Gasteiger partial charge in [-0.3, -0.25) is 4.98 Å². The Kier molecular flexibility index (Phi) is 4.87. The first-order valence-electron chi connectivity index (χ1n) is 8.43. The topological polar surface area (TPSA) is 24.9 Å². The number of hydrogen-bond donors (Lipinski definition) is 1. The van der Waals surface area contributed by atoms with Gasteiger partial charge in [-0.25, -0.2) is 0 Å². The van der Waals surface area contributed by atoms with Gasteiger partial charge in [0.05, 0.1) is 5.52 Å². The maximum atomic E-state index is 4.54. The van der Waals surface area contributed by atoms with Gasteiger partial charge in [0, 0.05) is 17.6 Å². The van der Waals surface area contributed by atoms with Gasteiger partial charge in [-0.1, -0.05) is 37.6 Å². The van der Waals surface area contributed by atoms with E-state index >= 15 is 0 Å².